The number of hydrogen-bond acceptors (Lipinski definition) is 5. The van der Waals surface area contributed by atoms with Crippen LogP contribution in [0, 0.1) is 5.92 Å². The van der Waals surface area contributed by atoms with Crippen molar-refractivity contribution in [1.82, 2.24) is 19.7 Å². The maximum absolute atomic E-state index is 12.1. The normalized spacial score (nSPS) is 21.8. The Morgan fingerprint density at radius 2 is 2.00 bits per heavy atom. The first kappa shape index (κ1) is 16.9. The average Bonchev–Trinajstić information content (AvgIpc) is 3.11. The smallest absolute Gasteiger partial charge is 0.250 e. The van der Waals surface area contributed by atoms with Crippen LogP contribution >= 0.6 is 15.9 Å². The van der Waals surface area contributed by atoms with E-state index in [4.69, 9.17) is 4.42 Å². The van der Waals surface area contributed by atoms with E-state index in [1.165, 1.54) is 0 Å². The van der Waals surface area contributed by atoms with Crippen LogP contribution in [-0.2, 0) is 13.1 Å². The first-order valence-electron chi connectivity index (χ1n) is 9.16. The van der Waals surface area contributed by atoms with E-state index < -0.39 is 0 Å². The summed E-state index contributed by atoms with van der Waals surface area (Å²) in [5.41, 5.74) is 2.18. The summed E-state index contributed by atoms with van der Waals surface area (Å²) in [5.74, 6) is 2.05. The summed E-state index contributed by atoms with van der Waals surface area (Å²) >= 11 is 3.47. The molecule has 27 heavy (non-hydrogen) atoms. The predicted molar refractivity (Wildman–Crippen MR) is 104 cm³/mol. The minimum absolute atomic E-state index is 0.117. The number of nitrogens with zero attached hydrogens (tertiary/aromatic N) is 4. The molecule has 0 amide bonds. The van der Waals surface area contributed by atoms with Crippen LogP contribution in [0.15, 0.2) is 56.1 Å². The van der Waals surface area contributed by atoms with Crippen molar-refractivity contribution in [3.63, 3.8) is 0 Å². The first-order valence-corrected chi connectivity index (χ1v) is 9.95. The van der Waals surface area contributed by atoms with Crippen LogP contribution in [-0.4, -0.2) is 32.8 Å². The molecule has 3 aromatic rings. The van der Waals surface area contributed by atoms with Gasteiger partial charge >= 0.3 is 0 Å². The SMILES string of the molecule is O=c1cccc2n1CC1CC2CN(Cc2nnc(-c3cccc(Br)c3)o2)C1. The Balaban J connectivity index is 1.34. The highest BCUT2D eigenvalue weighted by molar-refractivity contribution is 9.10. The molecule has 0 spiro atoms. The second-order valence-corrected chi connectivity index (χ2v) is 8.32. The summed E-state index contributed by atoms with van der Waals surface area (Å²) in [4.78, 5) is 14.5. The Morgan fingerprint density at radius 3 is 2.89 bits per heavy atom. The third-order valence-electron chi connectivity index (χ3n) is 5.45. The second-order valence-electron chi connectivity index (χ2n) is 7.40. The Labute approximate surface area is 165 Å². The molecule has 0 N–H and O–H groups in total. The molecule has 0 radical (unpaired) electrons. The third kappa shape index (κ3) is 3.26. The number of likely N-dealkylation sites (tertiary alicyclic amines) is 1. The largest absolute Gasteiger partial charge is 0.419 e. The number of fused-ring (bicyclic) bond motifs is 4. The van der Waals surface area contributed by atoms with E-state index >= 15 is 0 Å². The van der Waals surface area contributed by atoms with Crippen molar-refractivity contribution >= 4 is 15.9 Å². The van der Waals surface area contributed by atoms with E-state index in [1.807, 2.05) is 34.9 Å². The van der Waals surface area contributed by atoms with Crippen molar-refractivity contribution in [3.8, 4) is 11.5 Å². The van der Waals surface area contributed by atoms with Crippen LogP contribution in [0.2, 0.25) is 0 Å². The molecule has 2 aliphatic rings. The average molecular weight is 427 g/mol. The molecule has 5 rings (SSSR count). The maximum Gasteiger partial charge on any atom is 0.250 e. The monoisotopic (exact) mass is 426 g/mol. The number of hydrogen-bond donors (Lipinski definition) is 0. The van der Waals surface area contributed by atoms with Crippen LogP contribution in [0.5, 0.6) is 0 Å². The van der Waals surface area contributed by atoms with Gasteiger partial charge in [-0.05, 0) is 36.6 Å². The highest BCUT2D eigenvalue weighted by atomic mass is 79.9. The number of rotatable bonds is 3. The quantitative estimate of drug-likeness (QED) is 0.642. The van der Waals surface area contributed by atoms with Crippen molar-refractivity contribution in [2.45, 2.75) is 25.4 Å². The van der Waals surface area contributed by atoms with Gasteiger partial charge in [0.1, 0.15) is 0 Å². The molecule has 2 aromatic heterocycles. The van der Waals surface area contributed by atoms with Gasteiger partial charge in [-0.25, -0.2) is 0 Å². The molecule has 7 heteroatoms. The Hall–Kier alpha value is -2.25. The lowest BCUT2D eigenvalue weighted by atomic mass is 9.83. The fourth-order valence-corrected chi connectivity index (χ4v) is 4.77. The van der Waals surface area contributed by atoms with Crippen LogP contribution in [0.1, 0.15) is 23.9 Å². The van der Waals surface area contributed by atoms with Crippen LogP contribution < -0.4 is 5.56 Å². The predicted octanol–water partition coefficient (Wildman–Crippen LogP) is 3.28. The number of aromatic nitrogens is 3. The zero-order valence-electron chi connectivity index (χ0n) is 14.7. The number of halogens is 1. The highest BCUT2D eigenvalue weighted by Gasteiger charge is 2.34. The molecule has 0 saturated carbocycles. The molecule has 1 aromatic carbocycles. The summed E-state index contributed by atoms with van der Waals surface area (Å²) in [6, 6.07) is 13.5. The van der Waals surface area contributed by atoms with Crippen LogP contribution in [0.4, 0.5) is 0 Å². The lowest BCUT2D eigenvalue weighted by Gasteiger charge is -2.42. The van der Waals surface area contributed by atoms with Crippen molar-refractivity contribution in [1.29, 1.82) is 0 Å². The number of pyridine rings is 1. The van der Waals surface area contributed by atoms with Gasteiger partial charge in [-0.1, -0.05) is 28.1 Å². The van der Waals surface area contributed by atoms with Gasteiger partial charge in [-0.15, -0.1) is 10.2 Å². The number of piperidine rings is 1. The van der Waals surface area contributed by atoms with Crippen molar-refractivity contribution in [2.24, 2.45) is 5.92 Å². The molecule has 2 unspecified atom stereocenters. The Kier molecular flexibility index (Phi) is 4.21. The maximum atomic E-state index is 12.1. The molecule has 4 heterocycles. The van der Waals surface area contributed by atoms with Crippen molar-refractivity contribution < 1.29 is 4.42 Å². The molecule has 1 saturated heterocycles. The lowest BCUT2D eigenvalue weighted by Crippen LogP contribution is -2.46. The van der Waals surface area contributed by atoms with E-state index in [2.05, 4.69) is 37.1 Å². The van der Waals surface area contributed by atoms with E-state index in [0.29, 0.717) is 30.2 Å². The van der Waals surface area contributed by atoms with E-state index in [-0.39, 0.29) is 5.56 Å². The molecule has 0 aliphatic carbocycles. The molecule has 1 fully saturated rings. The molecule has 2 aliphatic heterocycles. The van der Waals surface area contributed by atoms with Crippen LogP contribution in [0.3, 0.4) is 0 Å². The van der Waals surface area contributed by atoms with E-state index in [0.717, 1.165) is 41.8 Å². The molecule has 2 bridgehead atoms. The lowest BCUT2D eigenvalue weighted by molar-refractivity contribution is 0.106. The zero-order valence-corrected chi connectivity index (χ0v) is 16.3. The van der Waals surface area contributed by atoms with Gasteiger partial charge in [-0.2, -0.15) is 0 Å². The summed E-state index contributed by atoms with van der Waals surface area (Å²) < 4.78 is 8.83. The van der Waals surface area contributed by atoms with Crippen molar-refractivity contribution in [3.05, 3.63) is 68.9 Å². The van der Waals surface area contributed by atoms with Gasteiger partial charge in [-0.3, -0.25) is 9.69 Å². The fourth-order valence-electron chi connectivity index (χ4n) is 4.37. The topological polar surface area (TPSA) is 64.2 Å². The standard InChI is InChI=1S/C20H19BrN4O2/c21-16-4-1-3-14(8-16)20-23-22-18(27-20)12-24-9-13-7-15(11-24)17-5-2-6-19(26)25(17)10-13/h1-6,8,13,15H,7,9-12H2. The number of benzene rings is 1. The van der Waals surface area contributed by atoms with Gasteiger partial charge in [0.15, 0.2) is 0 Å². The summed E-state index contributed by atoms with van der Waals surface area (Å²) in [6.07, 6.45) is 1.15. The van der Waals surface area contributed by atoms with Crippen LogP contribution in [0.25, 0.3) is 11.5 Å². The van der Waals surface area contributed by atoms with Gasteiger partial charge in [0.25, 0.3) is 5.56 Å². The Morgan fingerprint density at radius 1 is 1.11 bits per heavy atom. The minimum atomic E-state index is 0.117. The first-order chi connectivity index (χ1) is 13.2. The molecular weight excluding hydrogens is 408 g/mol. The minimum Gasteiger partial charge on any atom is -0.419 e. The zero-order chi connectivity index (χ0) is 18.4. The van der Waals surface area contributed by atoms with Crippen molar-refractivity contribution in [2.75, 3.05) is 13.1 Å². The summed E-state index contributed by atoms with van der Waals surface area (Å²) in [5, 5.41) is 8.44. The fraction of sp³-hybridized carbons (Fsp3) is 0.350. The van der Waals surface area contributed by atoms with Gasteiger partial charge in [0, 0.05) is 47.3 Å². The molecule has 2 atom stereocenters. The second kappa shape index (κ2) is 6.73. The van der Waals surface area contributed by atoms with Gasteiger partial charge in [0.2, 0.25) is 11.8 Å². The van der Waals surface area contributed by atoms with E-state index in [1.54, 1.807) is 6.07 Å². The third-order valence-corrected chi connectivity index (χ3v) is 5.95. The molecule has 138 valence electrons. The van der Waals surface area contributed by atoms with E-state index in [9.17, 15) is 4.79 Å². The highest BCUT2D eigenvalue weighted by Crippen LogP contribution is 2.35. The molecule has 6 nitrogen and oxygen atoms in total. The summed E-state index contributed by atoms with van der Waals surface area (Å²) in [7, 11) is 0. The summed E-state index contributed by atoms with van der Waals surface area (Å²) in [6.45, 7) is 3.31. The van der Waals surface area contributed by atoms with Gasteiger partial charge in [0.05, 0.1) is 6.54 Å². The van der Waals surface area contributed by atoms with Gasteiger partial charge < -0.3 is 8.98 Å². The Bertz CT molecular complexity index is 1040. The molecular formula is C20H19BrN4O2.